The number of hydrogen-bond donors (Lipinski definition) is 1. The lowest BCUT2D eigenvalue weighted by molar-refractivity contribution is -0.157. The van der Waals surface area contributed by atoms with Gasteiger partial charge in [-0.3, -0.25) is 4.79 Å². The third-order valence-corrected chi connectivity index (χ3v) is 2.59. The van der Waals surface area contributed by atoms with E-state index in [2.05, 4.69) is 12.2 Å². The van der Waals surface area contributed by atoms with E-state index in [4.69, 9.17) is 9.47 Å². The van der Waals surface area contributed by atoms with E-state index < -0.39 is 5.60 Å². The van der Waals surface area contributed by atoms with Gasteiger partial charge in [-0.25, -0.2) is 0 Å². The molecule has 108 valence electrons. The van der Waals surface area contributed by atoms with Gasteiger partial charge >= 0.3 is 5.97 Å². The van der Waals surface area contributed by atoms with E-state index in [1.165, 1.54) is 0 Å². The minimum Gasteiger partial charge on any atom is -0.459 e. The average Bonchev–Trinajstić information content (AvgIpc) is 2.26. The first kappa shape index (κ1) is 17.4. The lowest BCUT2D eigenvalue weighted by Crippen LogP contribution is -2.44. The molecule has 0 rings (SSSR count). The summed E-state index contributed by atoms with van der Waals surface area (Å²) >= 11 is 0. The van der Waals surface area contributed by atoms with E-state index in [-0.39, 0.29) is 18.1 Å². The van der Waals surface area contributed by atoms with Gasteiger partial charge in [0.1, 0.15) is 11.6 Å². The number of methoxy groups -OCH3 is 1. The number of unbranched alkanes of at least 4 members (excludes halogenated alkanes) is 1. The number of carbonyl (C=O) groups is 1. The van der Waals surface area contributed by atoms with Gasteiger partial charge in [-0.2, -0.15) is 0 Å². The Hall–Kier alpha value is -0.610. The average molecular weight is 259 g/mol. The Morgan fingerprint density at radius 3 is 2.39 bits per heavy atom. The number of ether oxygens (including phenoxy) is 2. The molecule has 0 amide bonds. The first-order chi connectivity index (χ1) is 8.30. The fraction of sp³-hybridized carbons (Fsp3) is 0.929. The summed E-state index contributed by atoms with van der Waals surface area (Å²) in [5.41, 5.74) is -0.434. The molecule has 0 spiro atoms. The van der Waals surface area contributed by atoms with Crippen molar-refractivity contribution >= 4 is 5.97 Å². The second-order valence-electron chi connectivity index (χ2n) is 5.68. The van der Waals surface area contributed by atoms with Crippen LogP contribution in [0.5, 0.6) is 0 Å². The first-order valence-corrected chi connectivity index (χ1v) is 6.79. The molecule has 0 aromatic rings. The van der Waals surface area contributed by atoms with Crippen molar-refractivity contribution in [2.24, 2.45) is 0 Å². The zero-order valence-electron chi connectivity index (χ0n) is 12.7. The van der Waals surface area contributed by atoms with Gasteiger partial charge in [-0.1, -0.05) is 19.8 Å². The molecule has 1 unspecified atom stereocenters. The monoisotopic (exact) mass is 259 g/mol. The molecule has 4 heteroatoms. The quantitative estimate of drug-likeness (QED) is 0.680. The number of hydrogen-bond acceptors (Lipinski definition) is 4. The summed E-state index contributed by atoms with van der Waals surface area (Å²) in [7, 11) is 1.67. The molecule has 0 saturated heterocycles. The van der Waals surface area contributed by atoms with Crippen LogP contribution in [0.25, 0.3) is 0 Å². The summed E-state index contributed by atoms with van der Waals surface area (Å²) in [6, 6.07) is -0.234. The van der Waals surface area contributed by atoms with Gasteiger partial charge in [-0.05, 0) is 34.1 Å². The predicted molar refractivity (Wildman–Crippen MR) is 73.6 cm³/mol. The zero-order valence-corrected chi connectivity index (χ0v) is 12.7. The van der Waals surface area contributed by atoms with Crippen LogP contribution in [0.3, 0.4) is 0 Å². The van der Waals surface area contributed by atoms with Crippen molar-refractivity contribution in [2.45, 2.75) is 71.6 Å². The molecule has 0 aromatic carbocycles. The molecule has 4 nitrogen and oxygen atoms in total. The summed E-state index contributed by atoms with van der Waals surface area (Å²) in [4.78, 5) is 12.0. The van der Waals surface area contributed by atoms with Crippen LogP contribution < -0.4 is 5.32 Å². The minimum absolute atomic E-state index is 0.0940. The highest BCUT2D eigenvalue weighted by Crippen LogP contribution is 2.11. The van der Waals surface area contributed by atoms with Crippen LogP contribution in [0.4, 0.5) is 0 Å². The van der Waals surface area contributed by atoms with E-state index in [1.807, 2.05) is 27.7 Å². The molecule has 2 atom stereocenters. The highest BCUT2D eigenvalue weighted by Gasteiger charge is 2.24. The van der Waals surface area contributed by atoms with Crippen molar-refractivity contribution < 1.29 is 14.3 Å². The Morgan fingerprint density at radius 1 is 1.33 bits per heavy atom. The minimum atomic E-state index is -0.434. The van der Waals surface area contributed by atoms with Crippen LogP contribution in [-0.4, -0.2) is 37.4 Å². The first-order valence-electron chi connectivity index (χ1n) is 6.79. The third kappa shape index (κ3) is 8.48. The predicted octanol–water partition coefficient (Wildman–Crippen LogP) is 2.51. The molecule has 0 aromatic heterocycles. The van der Waals surface area contributed by atoms with Gasteiger partial charge in [0.15, 0.2) is 0 Å². The summed E-state index contributed by atoms with van der Waals surface area (Å²) in [5, 5.41) is 3.23. The Kier molecular flexibility index (Phi) is 8.20. The molecule has 1 N–H and O–H groups in total. The van der Waals surface area contributed by atoms with E-state index >= 15 is 0 Å². The zero-order chi connectivity index (χ0) is 14.2. The van der Waals surface area contributed by atoms with Gasteiger partial charge in [0.25, 0.3) is 0 Å². The van der Waals surface area contributed by atoms with E-state index in [0.29, 0.717) is 6.54 Å². The van der Waals surface area contributed by atoms with Gasteiger partial charge in [-0.15, -0.1) is 0 Å². The van der Waals surface area contributed by atoms with Crippen molar-refractivity contribution in [2.75, 3.05) is 13.7 Å². The van der Waals surface area contributed by atoms with Crippen LogP contribution in [0, 0.1) is 0 Å². The Morgan fingerprint density at radius 2 is 1.94 bits per heavy atom. The van der Waals surface area contributed by atoms with E-state index in [9.17, 15) is 4.79 Å². The lowest BCUT2D eigenvalue weighted by Gasteiger charge is -2.25. The normalized spacial score (nSPS) is 15.2. The molecule has 0 bridgehead atoms. The van der Waals surface area contributed by atoms with Gasteiger partial charge in [0.2, 0.25) is 0 Å². The summed E-state index contributed by atoms with van der Waals surface area (Å²) in [6.07, 6.45) is 2.98. The van der Waals surface area contributed by atoms with Crippen LogP contribution in [0.1, 0.15) is 53.9 Å². The van der Waals surface area contributed by atoms with Gasteiger partial charge < -0.3 is 14.8 Å². The van der Waals surface area contributed by atoms with Crippen LogP contribution in [-0.2, 0) is 14.3 Å². The molecule has 0 aliphatic rings. The lowest BCUT2D eigenvalue weighted by atomic mass is 10.1. The third-order valence-electron chi connectivity index (χ3n) is 2.59. The second-order valence-corrected chi connectivity index (χ2v) is 5.68. The Balaban J connectivity index is 4.32. The number of carbonyl (C=O) groups excluding carboxylic acids is 1. The van der Waals surface area contributed by atoms with Gasteiger partial charge in [0.05, 0.1) is 6.10 Å². The Labute approximate surface area is 111 Å². The molecule has 0 fully saturated rings. The molecule has 0 aliphatic carbocycles. The largest absolute Gasteiger partial charge is 0.459 e. The topological polar surface area (TPSA) is 47.6 Å². The van der Waals surface area contributed by atoms with Crippen molar-refractivity contribution in [1.29, 1.82) is 0 Å². The smallest absolute Gasteiger partial charge is 0.323 e. The number of esters is 1. The second kappa shape index (κ2) is 8.48. The summed E-state index contributed by atoms with van der Waals surface area (Å²) in [5.74, 6) is -0.167. The van der Waals surface area contributed by atoms with Crippen molar-refractivity contribution in [3.8, 4) is 0 Å². The van der Waals surface area contributed by atoms with E-state index in [0.717, 1.165) is 19.3 Å². The maximum absolute atomic E-state index is 12.0. The Bertz CT molecular complexity index is 236. The SMILES string of the molecule is CCCC[C@H](NCC(C)OC)C(=O)OC(C)(C)C. The summed E-state index contributed by atoms with van der Waals surface area (Å²) in [6.45, 7) is 10.4. The maximum Gasteiger partial charge on any atom is 0.323 e. The molecular formula is C14H29NO3. The molecule has 0 radical (unpaired) electrons. The van der Waals surface area contributed by atoms with Crippen molar-refractivity contribution in [3.05, 3.63) is 0 Å². The highest BCUT2D eigenvalue weighted by molar-refractivity contribution is 5.76. The molecule has 0 aliphatic heterocycles. The van der Waals surface area contributed by atoms with Crippen LogP contribution in [0.2, 0.25) is 0 Å². The molecular weight excluding hydrogens is 230 g/mol. The fourth-order valence-corrected chi connectivity index (χ4v) is 1.48. The maximum atomic E-state index is 12.0. The van der Waals surface area contributed by atoms with Crippen molar-refractivity contribution in [1.82, 2.24) is 5.32 Å². The molecule has 0 heterocycles. The highest BCUT2D eigenvalue weighted by atomic mass is 16.6. The van der Waals surface area contributed by atoms with Crippen molar-refractivity contribution in [3.63, 3.8) is 0 Å². The van der Waals surface area contributed by atoms with Crippen LogP contribution in [0.15, 0.2) is 0 Å². The van der Waals surface area contributed by atoms with E-state index in [1.54, 1.807) is 7.11 Å². The summed E-state index contributed by atoms with van der Waals surface area (Å²) < 4.78 is 10.6. The van der Waals surface area contributed by atoms with Gasteiger partial charge in [0, 0.05) is 13.7 Å². The molecule has 0 saturated carbocycles. The molecule has 18 heavy (non-hydrogen) atoms. The van der Waals surface area contributed by atoms with Crippen LogP contribution >= 0.6 is 0 Å². The number of rotatable bonds is 8. The fourth-order valence-electron chi connectivity index (χ4n) is 1.48. The standard InChI is InChI=1S/C14H29NO3/c1-7-8-9-12(15-10-11(2)17-6)13(16)18-14(3,4)5/h11-12,15H,7-10H2,1-6H3/t11?,12-/m0/s1. The number of nitrogens with one attached hydrogen (secondary N) is 1.